The number of ether oxygens (including phenoxy) is 1. The number of unbranched alkanes of at least 4 members (excludes halogenated alkanes) is 1. The number of aromatic amines is 1. The van der Waals surface area contributed by atoms with Crippen molar-refractivity contribution in [2.24, 2.45) is 0 Å². The largest absolute Gasteiger partial charge is 0.478 e. The molecule has 1 aliphatic heterocycles. The smallest absolute Gasteiger partial charge is 0.249 e. The number of aromatic nitrogens is 2. The molecule has 0 unspecified atom stereocenters. The van der Waals surface area contributed by atoms with Gasteiger partial charge in [-0.2, -0.15) is 4.98 Å². The number of H-pyrrole nitrogens is 1. The Morgan fingerprint density at radius 2 is 1.71 bits per heavy atom. The third-order valence-electron chi connectivity index (χ3n) is 6.30. The first kappa shape index (κ1) is 22.3. The zero-order valence-corrected chi connectivity index (χ0v) is 18.8. The van der Waals surface area contributed by atoms with Crippen molar-refractivity contribution in [3.05, 3.63) is 76.6 Å². The standard InChI is InChI=1S/C26H26F2N4O2/c27-20-9-6-18-4-3-5-21(24(18)25(20)28)32-15-13-31(14-16-32)12-1-2-17-34-23-11-8-19-7-10-22(33)29-26(19)30-23/h3-11H,1-2,12-17H2,(H,29,30,33). The number of rotatable bonds is 7. The van der Waals surface area contributed by atoms with E-state index in [1.165, 1.54) is 12.1 Å². The number of nitrogens with zero attached hydrogens (tertiary/aromatic N) is 3. The molecule has 34 heavy (non-hydrogen) atoms. The second kappa shape index (κ2) is 9.77. The van der Waals surface area contributed by atoms with Gasteiger partial charge in [-0.05, 0) is 49.0 Å². The van der Waals surface area contributed by atoms with Gasteiger partial charge >= 0.3 is 0 Å². The van der Waals surface area contributed by atoms with Crippen LogP contribution in [0.1, 0.15) is 12.8 Å². The van der Waals surface area contributed by atoms with Crippen molar-refractivity contribution in [2.45, 2.75) is 12.8 Å². The van der Waals surface area contributed by atoms with E-state index in [9.17, 15) is 13.6 Å². The molecule has 3 heterocycles. The third kappa shape index (κ3) is 4.72. The van der Waals surface area contributed by atoms with Gasteiger partial charge in [-0.15, -0.1) is 0 Å². The predicted molar refractivity (Wildman–Crippen MR) is 130 cm³/mol. The maximum Gasteiger partial charge on any atom is 0.249 e. The van der Waals surface area contributed by atoms with Crippen molar-refractivity contribution in [1.29, 1.82) is 0 Å². The van der Waals surface area contributed by atoms with Gasteiger partial charge in [-0.1, -0.05) is 18.2 Å². The van der Waals surface area contributed by atoms with Gasteiger partial charge in [-0.25, -0.2) is 8.78 Å². The first-order chi connectivity index (χ1) is 16.6. The van der Waals surface area contributed by atoms with E-state index < -0.39 is 11.6 Å². The first-order valence-electron chi connectivity index (χ1n) is 11.6. The summed E-state index contributed by atoms with van der Waals surface area (Å²) in [6.07, 6.45) is 1.87. The number of fused-ring (bicyclic) bond motifs is 2. The summed E-state index contributed by atoms with van der Waals surface area (Å²) in [6.45, 7) is 4.78. The Labute approximate surface area is 195 Å². The van der Waals surface area contributed by atoms with E-state index in [1.54, 1.807) is 12.1 Å². The van der Waals surface area contributed by atoms with Crippen LogP contribution in [0.2, 0.25) is 0 Å². The summed E-state index contributed by atoms with van der Waals surface area (Å²) in [6, 6.07) is 15.3. The van der Waals surface area contributed by atoms with Gasteiger partial charge in [0.15, 0.2) is 11.6 Å². The van der Waals surface area contributed by atoms with Crippen LogP contribution in [-0.2, 0) is 0 Å². The van der Waals surface area contributed by atoms with Gasteiger partial charge in [0.1, 0.15) is 5.65 Å². The highest BCUT2D eigenvalue weighted by Crippen LogP contribution is 2.31. The zero-order chi connectivity index (χ0) is 23.5. The Balaban J connectivity index is 1.09. The quantitative estimate of drug-likeness (QED) is 0.413. The van der Waals surface area contributed by atoms with Crippen LogP contribution in [0, 0.1) is 11.6 Å². The molecular formula is C26H26F2N4O2. The molecule has 8 heteroatoms. The van der Waals surface area contributed by atoms with Gasteiger partial charge in [0.25, 0.3) is 0 Å². The molecule has 176 valence electrons. The summed E-state index contributed by atoms with van der Waals surface area (Å²) in [4.78, 5) is 23.0. The van der Waals surface area contributed by atoms with Crippen molar-refractivity contribution in [3.8, 4) is 5.88 Å². The van der Waals surface area contributed by atoms with E-state index >= 15 is 0 Å². The number of hydrogen-bond donors (Lipinski definition) is 1. The molecule has 4 aromatic rings. The van der Waals surface area contributed by atoms with Gasteiger partial charge < -0.3 is 14.6 Å². The third-order valence-corrected chi connectivity index (χ3v) is 6.30. The summed E-state index contributed by atoms with van der Waals surface area (Å²) in [5, 5.41) is 1.94. The monoisotopic (exact) mass is 464 g/mol. The number of halogens is 2. The van der Waals surface area contributed by atoms with Gasteiger partial charge in [0, 0.05) is 54.8 Å². The summed E-state index contributed by atoms with van der Waals surface area (Å²) in [5.41, 5.74) is 1.10. The fourth-order valence-corrected chi connectivity index (χ4v) is 4.47. The average molecular weight is 465 g/mol. The van der Waals surface area contributed by atoms with Crippen molar-refractivity contribution < 1.29 is 13.5 Å². The lowest BCUT2D eigenvalue weighted by Crippen LogP contribution is -2.46. The van der Waals surface area contributed by atoms with E-state index in [-0.39, 0.29) is 5.56 Å². The summed E-state index contributed by atoms with van der Waals surface area (Å²) < 4.78 is 34.1. The minimum atomic E-state index is -0.812. The van der Waals surface area contributed by atoms with E-state index in [1.807, 2.05) is 30.3 Å². The van der Waals surface area contributed by atoms with E-state index in [0.29, 0.717) is 28.9 Å². The topological polar surface area (TPSA) is 61.5 Å². The maximum absolute atomic E-state index is 14.5. The Hall–Kier alpha value is -3.52. The molecule has 0 spiro atoms. The van der Waals surface area contributed by atoms with E-state index in [2.05, 4.69) is 19.8 Å². The number of anilines is 1. The van der Waals surface area contributed by atoms with Crippen LogP contribution in [0.5, 0.6) is 5.88 Å². The van der Waals surface area contributed by atoms with Crippen LogP contribution in [0.3, 0.4) is 0 Å². The summed E-state index contributed by atoms with van der Waals surface area (Å²) in [5.74, 6) is -1.09. The fourth-order valence-electron chi connectivity index (χ4n) is 4.47. The van der Waals surface area contributed by atoms with Gasteiger partial charge in [0.2, 0.25) is 11.4 Å². The average Bonchev–Trinajstić information content (AvgIpc) is 2.86. The lowest BCUT2D eigenvalue weighted by atomic mass is 10.1. The molecule has 6 nitrogen and oxygen atoms in total. The molecule has 5 rings (SSSR count). The van der Waals surface area contributed by atoms with E-state index in [0.717, 1.165) is 56.6 Å². The van der Waals surface area contributed by atoms with Crippen LogP contribution in [0.15, 0.2) is 59.4 Å². The van der Waals surface area contributed by atoms with Gasteiger partial charge in [-0.3, -0.25) is 9.69 Å². The molecule has 2 aromatic heterocycles. The molecule has 0 atom stereocenters. The van der Waals surface area contributed by atoms with Crippen LogP contribution < -0.4 is 15.2 Å². The highest BCUT2D eigenvalue weighted by atomic mass is 19.2. The number of hydrogen-bond acceptors (Lipinski definition) is 5. The number of pyridine rings is 2. The predicted octanol–water partition coefficient (Wildman–Crippen LogP) is 4.34. The zero-order valence-electron chi connectivity index (χ0n) is 18.8. The maximum atomic E-state index is 14.5. The lowest BCUT2D eigenvalue weighted by molar-refractivity contribution is 0.237. The van der Waals surface area contributed by atoms with Crippen LogP contribution in [-0.4, -0.2) is 54.2 Å². The highest BCUT2D eigenvalue weighted by molar-refractivity contribution is 5.95. The molecule has 0 saturated carbocycles. The minimum absolute atomic E-state index is 0.185. The van der Waals surface area contributed by atoms with Gasteiger partial charge in [0.05, 0.1) is 6.61 Å². The van der Waals surface area contributed by atoms with Crippen LogP contribution >= 0.6 is 0 Å². The summed E-state index contributed by atoms with van der Waals surface area (Å²) >= 11 is 0. The van der Waals surface area contributed by atoms with Crippen molar-refractivity contribution in [3.63, 3.8) is 0 Å². The Kier molecular flexibility index (Phi) is 6.40. The lowest BCUT2D eigenvalue weighted by Gasteiger charge is -2.36. The summed E-state index contributed by atoms with van der Waals surface area (Å²) in [7, 11) is 0. The molecule has 1 aliphatic rings. The first-order valence-corrected chi connectivity index (χ1v) is 11.6. The normalized spacial score (nSPS) is 14.7. The van der Waals surface area contributed by atoms with Crippen molar-refractivity contribution in [1.82, 2.24) is 14.9 Å². The molecule has 1 saturated heterocycles. The number of piperazine rings is 1. The Morgan fingerprint density at radius 3 is 2.56 bits per heavy atom. The molecular weight excluding hydrogens is 438 g/mol. The van der Waals surface area contributed by atoms with Crippen molar-refractivity contribution >= 4 is 27.5 Å². The van der Waals surface area contributed by atoms with Crippen molar-refractivity contribution in [2.75, 3.05) is 44.2 Å². The second-order valence-corrected chi connectivity index (χ2v) is 8.53. The van der Waals surface area contributed by atoms with E-state index in [4.69, 9.17) is 4.74 Å². The molecule has 0 bridgehead atoms. The molecule has 2 aromatic carbocycles. The second-order valence-electron chi connectivity index (χ2n) is 8.53. The molecule has 0 aliphatic carbocycles. The Morgan fingerprint density at radius 1 is 0.912 bits per heavy atom. The number of nitrogens with one attached hydrogen (secondary N) is 1. The number of benzene rings is 2. The molecule has 1 fully saturated rings. The van der Waals surface area contributed by atoms with Crippen LogP contribution in [0.4, 0.5) is 14.5 Å². The molecule has 0 amide bonds. The Bertz CT molecular complexity index is 1370. The fraction of sp³-hybridized carbons (Fsp3) is 0.308. The molecule has 0 radical (unpaired) electrons. The minimum Gasteiger partial charge on any atom is -0.478 e. The highest BCUT2D eigenvalue weighted by Gasteiger charge is 2.20. The molecule has 1 N–H and O–H groups in total. The van der Waals surface area contributed by atoms with Crippen LogP contribution in [0.25, 0.3) is 21.8 Å². The SMILES string of the molecule is O=c1ccc2ccc(OCCCCN3CCN(c4cccc5ccc(F)c(F)c45)CC3)nc2[nH]1.